The van der Waals surface area contributed by atoms with Gasteiger partial charge in [-0.2, -0.15) is 13.2 Å². The predicted octanol–water partition coefficient (Wildman–Crippen LogP) is 2.17. The van der Waals surface area contributed by atoms with E-state index in [1.54, 1.807) is 12.3 Å². The van der Waals surface area contributed by atoms with Crippen molar-refractivity contribution >= 4 is 10.8 Å². The van der Waals surface area contributed by atoms with Crippen LogP contribution in [0, 0.1) is 0 Å². The second kappa shape index (κ2) is 6.16. The number of halogens is 3. The highest BCUT2D eigenvalue weighted by Crippen LogP contribution is 2.29. The number of hydrogen-bond acceptors (Lipinski definition) is 2. The fourth-order valence-electron chi connectivity index (χ4n) is 1.31. The molecular weight excluding hydrogens is 251 g/mol. The molecule has 96 valence electrons. The molecule has 1 aromatic rings. The molecule has 1 unspecified atom stereocenters. The average molecular weight is 265 g/mol. The Bertz CT molecular complexity index is 393. The van der Waals surface area contributed by atoms with Crippen molar-refractivity contribution in [2.75, 3.05) is 18.6 Å². The van der Waals surface area contributed by atoms with Crippen molar-refractivity contribution < 1.29 is 17.4 Å². The summed E-state index contributed by atoms with van der Waals surface area (Å²) in [4.78, 5) is 0. The van der Waals surface area contributed by atoms with Crippen LogP contribution in [0.4, 0.5) is 13.2 Å². The van der Waals surface area contributed by atoms with E-state index >= 15 is 0 Å². The SMILES string of the molecule is CS(=O)CCNCc1cccc(C(F)(F)F)c1. The number of rotatable bonds is 5. The summed E-state index contributed by atoms with van der Waals surface area (Å²) in [6.45, 7) is 0.875. The predicted molar refractivity (Wildman–Crippen MR) is 62.1 cm³/mol. The summed E-state index contributed by atoms with van der Waals surface area (Å²) in [6.07, 6.45) is -2.72. The van der Waals surface area contributed by atoms with Crippen LogP contribution in [-0.2, 0) is 23.5 Å². The van der Waals surface area contributed by atoms with Gasteiger partial charge in [0, 0.05) is 35.9 Å². The molecule has 1 rings (SSSR count). The van der Waals surface area contributed by atoms with Gasteiger partial charge in [0.15, 0.2) is 0 Å². The lowest BCUT2D eigenvalue weighted by Gasteiger charge is -2.09. The molecule has 17 heavy (non-hydrogen) atoms. The summed E-state index contributed by atoms with van der Waals surface area (Å²) in [5, 5.41) is 2.95. The molecule has 1 N–H and O–H groups in total. The third-order valence-corrected chi connectivity index (χ3v) is 2.93. The molecule has 1 atom stereocenters. The average Bonchev–Trinajstić information content (AvgIpc) is 2.23. The number of hydrogen-bond donors (Lipinski definition) is 1. The van der Waals surface area contributed by atoms with Crippen LogP contribution in [0.5, 0.6) is 0 Å². The molecule has 0 radical (unpaired) electrons. The van der Waals surface area contributed by atoms with Crippen molar-refractivity contribution in [2.45, 2.75) is 12.7 Å². The fourth-order valence-corrected chi connectivity index (χ4v) is 1.74. The van der Waals surface area contributed by atoms with Crippen LogP contribution in [0.2, 0.25) is 0 Å². The molecule has 6 heteroatoms. The van der Waals surface area contributed by atoms with Gasteiger partial charge in [0.25, 0.3) is 0 Å². The van der Waals surface area contributed by atoms with Crippen molar-refractivity contribution in [3.8, 4) is 0 Å². The van der Waals surface area contributed by atoms with Crippen LogP contribution in [0.3, 0.4) is 0 Å². The number of benzene rings is 1. The summed E-state index contributed by atoms with van der Waals surface area (Å²) < 4.78 is 48.0. The van der Waals surface area contributed by atoms with E-state index < -0.39 is 22.5 Å². The zero-order chi connectivity index (χ0) is 12.9. The maximum Gasteiger partial charge on any atom is 0.416 e. The minimum absolute atomic E-state index is 0.348. The van der Waals surface area contributed by atoms with Gasteiger partial charge in [-0.15, -0.1) is 0 Å². The molecule has 0 heterocycles. The Balaban J connectivity index is 2.52. The topological polar surface area (TPSA) is 29.1 Å². The summed E-state index contributed by atoms with van der Waals surface area (Å²) in [6, 6.07) is 5.18. The van der Waals surface area contributed by atoms with Gasteiger partial charge in [-0.25, -0.2) is 0 Å². The second-order valence-corrected chi connectivity index (χ2v) is 5.21. The minimum atomic E-state index is -4.30. The first-order valence-corrected chi connectivity index (χ1v) is 6.79. The van der Waals surface area contributed by atoms with Crippen LogP contribution in [0.1, 0.15) is 11.1 Å². The Labute approximate surface area is 101 Å². The lowest BCUT2D eigenvalue weighted by atomic mass is 10.1. The number of alkyl halides is 3. The van der Waals surface area contributed by atoms with E-state index in [0.29, 0.717) is 24.4 Å². The summed E-state index contributed by atoms with van der Waals surface area (Å²) in [7, 11) is -0.884. The van der Waals surface area contributed by atoms with E-state index in [1.807, 2.05) is 0 Å². The third-order valence-electron chi connectivity index (χ3n) is 2.15. The zero-order valence-corrected chi connectivity index (χ0v) is 10.2. The Morgan fingerprint density at radius 3 is 2.65 bits per heavy atom. The van der Waals surface area contributed by atoms with Crippen LogP contribution in [0.25, 0.3) is 0 Å². The van der Waals surface area contributed by atoms with Crippen LogP contribution >= 0.6 is 0 Å². The summed E-state index contributed by atoms with van der Waals surface area (Å²) >= 11 is 0. The van der Waals surface area contributed by atoms with E-state index in [2.05, 4.69) is 5.32 Å². The molecule has 0 spiro atoms. The van der Waals surface area contributed by atoms with E-state index in [4.69, 9.17) is 0 Å². The van der Waals surface area contributed by atoms with Gasteiger partial charge >= 0.3 is 6.18 Å². The molecular formula is C11H14F3NOS. The van der Waals surface area contributed by atoms with Crippen LogP contribution < -0.4 is 5.32 Å². The molecule has 0 amide bonds. The Kier molecular flexibility index (Phi) is 5.14. The van der Waals surface area contributed by atoms with Gasteiger partial charge in [0.2, 0.25) is 0 Å². The van der Waals surface area contributed by atoms with Gasteiger partial charge in [-0.1, -0.05) is 18.2 Å². The first kappa shape index (κ1) is 14.2. The van der Waals surface area contributed by atoms with Crippen LogP contribution in [0.15, 0.2) is 24.3 Å². The van der Waals surface area contributed by atoms with Gasteiger partial charge in [0.1, 0.15) is 0 Å². The number of nitrogens with one attached hydrogen (secondary N) is 1. The maximum atomic E-state index is 12.4. The molecule has 0 aliphatic heterocycles. The standard InChI is InChI=1S/C11H14F3NOS/c1-17(16)6-5-15-8-9-3-2-4-10(7-9)11(12,13)14/h2-4,7,15H,5-6,8H2,1H3. The summed E-state index contributed by atoms with van der Waals surface area (Å²) in [5.41, 5.74) is -0.0717. The first-order valence-electron chi connectivity index (χ1n) is 5.06. The molecule has 0 saturated heterocycles. The highest BCUT2D eigenvalue weighted by atomic mass is 32.2. The Morgan fingerprint density at radius 1 is 1.35 bits per heavy atom. The van der Waals surface area contributed by atoms with E-state index in [0.717, 1.165) is 12.1 Å². The van der Waals surface area contributed by atoms with Gasteiger partial charge < -0.3 is 5.32 Å². The van der Waals surface area contributed by atoms with Crippen molar-refractivity contribution in [3.05, 3.63) is 35.4 Å². The molecule has 0 aliphatic rings. The quantitative estimate of drug-likeness (QED) is 0.827. The molecule has 2 nitrogen and oxygen atoms in total. The van der Waals surface area contributed by atoms with E-state index in [-0.39, 0.29) is 0 Å². The van der Waals surface area contributed by atoms with E-state index in [1.165, 1.54) is 6.07 Å². The van der Waals surface area contributed by atoms with E-state index in [9.17, 15) is 17.4 Å². The highest BCUT2D eigenvalue weighted by molar-refractivity contribution is 7.84. The molecule has 0 aromatic heterocycles. The van der Waals surface area contributed by atoms with Gasteiger partial charge in [0.05, 0.1) is 5.56 Å². The monoisotopic (exact) mass is 265 g/mol. The molecule has 0 saturated carbocycles. The summed E-state index contributed by atoms with van der Waals surface area (Å²) in [5.74, 6) is 0.499. The lowest BCUT2D eigenvalue weighted by Crippen LogP contribution is -2.20. The fraction of sp³-hybridized carbons (Fsp3) is 0.455. The van der Waals surface area contributed by atoms with Gasteiger partial charge in [-0.3, -0.25) is 4.21 Å². The van der Waals surface area contributed by atoms with Crippen molar-refractivity contribution in [2.24, 2.45) is 0 Å². The molecule has 0 bridgehead atoms. The van der Waals surface area contributed by atoms with Crippen molar-refractivity contribution in [1.82, 2.24) is 5.32 Å². The largest absolute Gasteiger partial charge is 0.416 e. The molecule has 0 aliphatic carbocycles. The smallest absolute Gasteiger partial charge is 0.312 e. The van der Waals surface area contributed by atoms with Crippen molar-refractivity contribution in [1.29, 1.82) is 0 Å². The second-order valence-electron chi connectivity index (χ2n) is 3.65. The lowest BCUT2D eigenvalue weighted by molar-refractivity contribution is -0.137. The van der Waals surface area contributed by atoms with Crippen molar-refractivity contribution in [3.63, 3.8) is 0 Å². The maximum absolute atomic E-state index is 12.4. The minimum Gasteiger partial charge on any atom is -0.312 e. The Morgan fingerprint density at radius 2 is 2.06 bits per heavy atom. The van der Waals surface area contributed by atoms with Crippen LogP contribution in [-0.4, -0.2) is 22.8 Å². The highest BCUT2D eigenvalue weighted by Gasteiger charge is 2.30. The molecule has 0 fully saturated rings. The zero-order valence-electron chi connectivity index (χ0n) is 9.38. The molecule has 1 aromatic carbocycles. The van der Waals surface area contributed by atoms with Gasteiger partial charge in [-0.05, 0) is 11.6 Å². The normalized spacial score (nSPS) is 13.6. The first-order chi connectivity index (χ1) is 7.89. The Hall–Kier alpha value is -0.880. The third kappa shape index (κ3) is 5.32.